The van der Waals surface area contributed by atoms with Crippen LogP contribution in [0, 0.1) is 11.8 Å². The topological polar surface area (TPSA) is 0 Å². The van der Waals surface area contributed by atoms with Crippen LogP contribution in [0.25, 0.3) is 0 Å². The molecular formula is C11H24. The highest BCUT2D eigenvalue weighted by atomic mass is 14.3. The van der Waals surface area contributed by atoms with Gasteiger partial charge in [0.15, 0.2) is 0 Å². The van der Waals surface area contributed by atoms with E-state index in [2.05, 4.69) is 27.7 Å². The van der Waals surface area contributed by atoms with Gasteiger partial charge in [0.2, 0.25) is 0 Å². The van der Waals surface area contributed by atoms with Gasteiger partial charge in [-0.05, 0) is 18.3 Å². The van der Waals surface area contributed by atoms with E-state index < -0.39 is 0 Å². The van der Waals surface area contributed by atoms with Crippen LogP contribution >= 0.6 is 0 Å². The molecule has 0 radical (unpaired) electrons. The van der Waals surface area contributed by atoms with E-state index in [1.807, 2.05) is 0 Å². The Hall–Kier alpha value is 0. The molecule has 0 spiro atoms. The monoisotopic (exact) mass is 156 g/mol. The first kappa shape index (κ1) is 11.0. The third-order valence-electron chi connectivity index (χ3n) is 2.82. The number of unbranched alkanes of at least 4 members (excludes halogenated alkanes) is 1. The summed E-state index contributed by atoms with van der Waals surface area (Å²) in [7, 11) is 0. The largest absolute Gasteiger partial charge is 0.0654 e. The summed E-state index contributed by atoms with van der Waals surface area (Å²) in [6.45, 7) is 9.01. The molecule has 0 aromatic heterocycles. The summed E-state index contributed by atoms with van der Waals surface area (Å²) >= 11 is 0. The van der Waals surface area contributed by atoms with Gasteiger partial charge in [0.25, 0.3) is 0 Å². The van der Waals surface area contributed by atoms with Gasteiger partial charge in [-0.25, -0.2) is 0 Å². The molecule has 1 fully saturated rings. The molecule has 0 aromatic carbocycles. The van der Waals surface area contributed by atoms with Crippen molar-refractivity contribution < 1.29 is 0 Å². The van der Waals surface area contributed by atoms with Gasteiger partial charge in [-0.1, -0.05) is 53.4 Å². The first-order chi connectivity index (χ1) is 5.26. The van der Waals surface area contributed by atoms with E-state index in [4.69, 9.17) is 0 Å². The van der Waals surface area contributed by atoms with Gasteiger partial charge in [-0.2, -0.15) is 0 Å². The average molecular weight is 156 g/mol. The molecule has 1 saturated carbocycles. The minimum absolute atomic E-state index is 1.05. The third-order valence-corrected chi connectivity index (χ3v) is 2.82. The standard InChI is InChI=1S/C7H14.C4H10/c1-3-7-5-4-6(7)2;1-3-4-2/h6-7H,3-5H2,1-2H3;3-4H2,1-2H3/t6-,7+;/m1./s1. The molecule has 68 valence electrons. The van der Waals surface area contributed by atoms with Crippen molar-refractivity contribution in [2.75, 3.05) is 0 Å². The van der Waals surface area contributed by atoms with Gasteiger partial charge in [-0.15, -0.1) is 0 Å². The zero-order chi connectivity index (χ0) is 8.69. The average Bonchev–Trinajstić information content (AvgIpc) is 2.03. The summed E-state index contributed by atoms with van der Waals surface area (Å²) in [6, 6.07) is 0. The van der Waals surface area contributed by atoms with Crippen molar-refractivity contribution in [1.82, 2.24) is 0 Å². The molecule has 1 aliphatic rings. The van der Waals surface area contributed by atoms with E-state index in [1.165, 1.54) is 32.1 Å². The van der Waals surface area contributed by atoms with Crippen LogP contribution in [0.5, 0.6) is 0 Å². The summed E-state index contributed by atoms with van der Waals surface area (Å²) < 4.78 is 0. The zero-order valence-corrected chi connectivity index (χ0v) is 8.69. The fraction of sp³-hybridized carbons (Fsp3) is 1.00. The van der Waals surface area contributed by atoms with E-state index in [1.54, 1.807) is 0 Å². The van der Waals surface area contributed by atoms with Crippen LogP contribution in [0.1, 0.15) is 59.8 Å². The quantitative estimate of drug-likeness (QED) is 0.560. The maximum absolute atomic E-state index is 2.36. The van der Waals surface area contributed by atoms with Crippen molar-refractivity contribution in [2.45, 2.75) is 59.8 Å². The molecule has 1 rings (SSSR count). The lowest BCUT2D eigenvalue weighted by Gasteiger charge is -2.32. The minimum Gasteiger partial charge on any atom is -0.0654 e. The van der Waals surface area contributed by atoms with Crippen molar-refractivity contribution in [3.63, 3.8) is 0 Å². The molecule has 0 amide bonds. The van der Waals surface area contributed by atoms with Crippen molar-refractivity contribution in [2.24, 2.45) is 11.8 Å². The smallest absolute Gasteiger partial charge is 0.0391 e. The van der Waals surface area contributed by atoms with E-state index in [0.717, 1.165) is 11.8 Å². The molecule has 0 N–H and O–H groups in total. The number of hydrogen-bond donors (Lipinski definition) is 0. The molecule has 0 aromatic rings. The zero-order valence-electron chi connectivity index (χ0n) is 8.69. The van der Waals surface area contributed by atoms with Crippen molar-refractivity contribution >= 4 is 0 Å². The van der Waals surface area contributed by atoms with Crippen LogP contribution in [0.2, 0.25) is 0 Å². The maximum atomic E-state index is 2.36. The van der Waals surface area contributed by atoms with E-state index >= 15 is 0 Å². The predicted molar refractivity (Wildman–Crippen MR) is 52.8 cm³/mol. The molecule has 11 heavy (non-hydrogen) atoms. The molecule has 0 unspecified atom stereocenters. The second-order valence-corrected chi connectivity index (χ2v) is 3.72. The van der Waals surface area contributed by atoms with E-state index in [9.17, 15) is 0 Å². The molecule has 0 heterocycles. The Balaban J connectivity index is 0.000000218. The van der Waals surface area contributed by atoms with Crippen molar-refractivity contribution in [1.29, 1.82) is 0 Å². The first-order valence-corrected chi connectivity index (χ1v) is 5.26. The summed E-state index contributed by atoms with van der Waals surface area (Å²) in [6.07, 6.45) is 7.03. The fourth-order valence-electron chi connectivity index (χ4n) is 1.34. The molecule has 0 nitrogen and oxygen atoms in total. The highest BCUT2D eigenvalue weighted by molar-refractivity contribution is 4.75. The Morgan fingerprint density at radius 1 is 1.00 bits per heavy atom. The molecule has 0 aliphatic heterocycles. The molecule has 2 atom stereocenters. The second kappa shape index (κ2) is 6.69. The van der Waals surface area contributed by atoms with Crippen LogP contribution in [-0.4, -0.2) is 0 Å². The van der Waals surface area contributed by atoms with Crippen LogP contribution in [0.3, 0.4) is 0 Å². The van der Waals surface area contributed by atoms with Gasteiger partial charge in [0.05, 0.1) is 0 Å². The highest BCUT2D eigenvalue weighted by Gasteiger charge is 2.23. The lowest BCUT2D eigenvalue weighted by atomic mass is 9.74. The van der Waals surface area contributed by atoms with Gasteiger partial charge in [0, 0.05) is 0 Å². The van der Waals surface area contributed by atoms with Gasteiger partial charge >= 0.3 is 0 Å². The Labute approximate surface area is 72.4 Å². The third kappa shape index (κ3) is 4.44. The number of hydrogen-bond acceptors (Lipinski definition) is 0. The SMILES string of the molecule is CCCC.CC[C@H]1CC[C@H]1C. The molecule has 1 aliphatic carbocycles. The lowest BCUT2D eigenvalue weighted by molar-refractivity contribution is 0.190. The van der Waals surface area contributed by atoms with Gasteiger partial charge in [-0.3, -0.25) is 0 Å². The maximum Gasteiger partial charge on any atom is -0.0391 e. The minimum atomic E-state index is 1.05. The van der Waals surface area contributed by atoms with Crippen LogP contribution < -0.4 is 0 Å². The summed E-state index contributed by atoms with van der Waals surface area (Å²) in [4.78, 5) is 0. The normalized spacial score (nSPS) is 28.4. The summed E-state index contributed by atoms with van der Waals surface area (Å²) in [5.41, 5.74) is 0. The Bertz CT molecular complexity index is 72.1. The Morgan fingerprint density at radius 3 is 1.55 bits per heavy atom. The van der Waals surface area contributed by atoms with Gasteiger partial charge in [0.1, 0.15) is 0 Å². The van der Waals surface area contributed by atoms with Crippen LogP contribution in [0.4, 0.5) is 0 Å². The molecule has 0 saturated heterocycles. The molecular weight excluding hydrogens is 132 g/mol. The van der Waals surface area contributed by atoms with E-state index in [0.29, 0.717) is 0 Å². The Morgan fingerprint density at radius 2 is 1.55 bits per heavy atom. The Kier molecular flexibility index (Phi) is 6.69. The summed E-state index contributed by atoms with van der Waals surface area (Å²) in [5.74, 6) is 2.13. The molecule has 0 heteroatoms. The van der Waals surface area contributed by atoms with E-state index in [-0.39, 0.29) is 0 Å². The number of rotatable bonds is 2. The first-order valence-electron chi connectivity index (χ1n) is 5.26. The highest BCUT2D eigenvalue weighted by Crippen LogP contribution is 2.35. The van der Waals surface area contributed by atoms with Crippen molar-refractivity contribution in [3.05, 3.63) is 0 Å². The summed E-state index contributed by atoms with van der Waals surface area (Å²) in [5, 5.41) is 0. The molecule has 0 bridgehead atoms. The van der Waals surface area contributed by atoms with Crippen LogP contribution in [0.15, 0.2) is 0 Å². The second-order valence-electron chi connectivity index (χ2n) is 3.72. The predicted octanol–water partition coefficient (Wildman–Crippen LogP) is 4.25. The van der Waals surface area contributed by atoms with Gasteiger partial charge < -0.3 is 0 Å². The van der Waals surface area contributed by atoms with Crippen LogP contribution in [-0.2, 0) is 0 Å². The van der Waals surface area contributed by atoms with Crippen molar-refractivity contribution in [3.8, 4) is 0 Å². The lowest BCUT2D eigenvalue weighted by Crippen LogP contribution is -2.21. The fourth-order valence-corrected chi connectivity index (χ4v) is 1.34.